The fourth-order valence-electron chi connectivity index (χ4n) is 1.33. The van der Waals surface area contributed by atoms with Crippen molar-refractivity contribution in [1.82, 2.24) is 10.2 Å². The summed E-state index contributed by atoms with van der Waals surface area (Å²) in [5.41, 5.74) is 0.735. The molecule has 5 heteroatoms. The van der Waals surface area contributed by atoms with E-state index in [0.29, 0.717) is 17.5 Å². The molecule has 1 aromatic heterocycles. The highest BCUT2D eigenvalue weighted by Gasteiger charge is 2.06. The van der Waals surface area contributed by atoms with Gasteiger partial charge in [-0.25, -0.2) is 0 Å². The molecule has 0 unspecified atom stereocenters. The third-order valence-corrected chi connectivity index (χ3v) is 3.06. The minimum Gasteiger partial charge on any atom is -0.416 e. The van der Waals surface area contributed by atoms with E-state index in [4.69, 9.17) is 4.42 Å². The summed E-state index contributed by atoms with van der Waals surface area (Å²) in [6.45, 7) is 3.60. The molecule has 0 bridgehead atoms. The Balaban J connectivity index is 2.10. The predicted molar refractivity (Wildman–Crippen MR) is 64.2 cm³/mol. The average molecular weight is 248 g/mol. The van der Waals surface area contributed by atoms with Crippen molar-refractivity contribution in [1.29, 1.82) is 0 Å². The van der Waals surface area contributed by atoms with Crippen LogP contribution in [0, 0.1) is 6.92 Å². The van der Waals surface area contributed by atoms with Crippen molar-refractivity contribution in [2.24, 2.45) is 0 Å². The van der Waals surface area contributed by atoms with E-state index < -0.39 is 0 Å². The standard InChI is InChI=1S/C12H12N2O2S/c1-3-11(15)9-4-6-10(7-5-9)17-12-14-13-8(2)16-12/h4-7H,3H2,1-2H3. The quantitative estimate of drug-likeness (QED) is 0.778. The van der Waals surface area contributed by atoms with Gasteiger partial charge in [0.1, 0.15) is 0 Å². The van der Waals surface area contributed by atoms with Gasteiger partial charge < -0.3 is 4.42 Å². The zero-order chi connectivity index (χ0) is 12.3. The second-order valence-electron chi connectivity index (χ2n) is 3.49. The number of aromatic nitrogens is 2. The first kappa shape index (κ1) is 11.9. The molecular weight excluding hydrogens is 236 g/mol. The van der Waals surface area contributed by atoms with Crippen molar-refractivity contribution in [2.75, 3.05) is 0 Å². The fraction of sp³-hybridized carbons (Fsp3) is 0.250. The normalized spacial score (nSPS) is 10.5. The maximum absolute atomic E-state index is 11.4. The van der Waals surface area contributed by atoms with Crippen LogP contribution >= 0.6 is 11.8 Å². The highest BCUT2D eigenvalue weighted by molar-refractivity contribution is 7.99. The van der Waals surface area contributed by atoms with Gasteiger partial charge in [0.2, 0.25) is 5.89 Å². The van der Waals surface area contributed by atoms with Crippen LogP contribution in [0.1, 0.15) is 29.6 Å². The van der Waals surface area contributed by atoms with Gasteiger partial charge in [-0.05, 0) is 23.9 Å². The van der Waals surface area contributed by atoms with Crippen molar-refractivity contribution in [3.8, 4) is 0 Å². The van der Waals surface area contributed by atoms with Crippen molar-refractivity contribution in [2.45, 2.75) is 30.4 Å². The molecule has 1 heterocycles. The summed E-state index contributed by atoms with van der Waals surface area (Å²) in [7, 11) is 0. The molecule has 1 aromatic carbocycles. The summed E-state index contributed by atoms with van der Waals surface area (Å²) in [6.07, 6.45) is 0.523. The molecule has 0 aliphatic rings. The number of nitrogens with zero attached hydrogens (tertiary/aromatic N) is 2. The van der Waals surface area contributed by atoms with Gasteiger partial charge in [-0.15, -0.1) is 10.2 Å². The molecule has 0 amide bonds. The Bertz CT molecular complexity index is 520. The summed E-state index contributed by atoms with van der Waals surface area (Å²) in [5.74, 6) is 0.695. The SMILES string of the molecule is CCC(=O)c1ccc(Sc2nnc(C)o2)cc1. The van der Waals surface area contributed by atoms with Crippen LogP contribution in [0.15, 0.2) is 38.8 Å². The second-order valence-corrected chi connectivity index (χ2v) is 4.51. The molecule has 2 rings (SSSR count). The van der Waals surface area contributed by atoms with E-state index >= 15 is 0 Å². The Morgan fingerprint density at radius 2 is 2.00 bits per heavy atom. The van der Waals surface area contributed by atoms with Crippen molar-refractivity contribution < 1.29 is 9.21 Å². The van der Waals surface area contributed by atoms with Gasteiger partial charge in [0.25, 0.3) is 5.22 Å². The summed E-state index contributed by atoms with van der Waals surface area (Å²) in [6, 6.07) is 7.40. The monoisotopic (exact) mass is 248 g/mol. The van der Waals surface area contributed by atoms with Gasteiger partial charge in [0.05, 0.1) is 0 Å². The van der Waals surface area contributed by atoms with Gasteiger partial charge in [-0.3, -0.25) is 4.79 Å². The van der Waals surface area contributed by atoms with Gasteiger partial charge in [0, 0.05) is 23.8 Å². The summed E-state index contributed by atoms with van der Waals surface area (Å²) in [5, 5.41) is 8.16. The van der Waals surface area contributed by atoms with Crippen molar-refractivity contribution >= 4 is 17.5 Å². The van der Waals surface area contributed by atoms with E-state index in [2.05, 4.69) is 10.2 Å². The van der Waals surface area contributed by atoms with Crippen LogP contribution in [0.5, 0.6) is 0 Å². The lowest BCUT2D eigenvalue weighted by Crippen LogP contribution is -1.95. The van der Waals surface area contributed by atoms with Crippen LogP contribution in [0.2, 0.25) is 0 Å². The lowest BCUT2D eigenvalue weighted by atomic mass is 10.1. The molecule has 0 N–H and O–H groups in total. The minimum atomic E-state index is 0.148. The van der Waals surface area contributed by atoms with Crippen molar-refractivity contribution in [3.63, 3.8) is 0 Å². The number of aryl methyl sites for hydroxylation is 1. The van der Waals surface area contributed by atoms with E-state index in [1.807, 2.05) is 31.2 Å². The van der Waals surface area contributed by atoms with E-state index in [1.165, 1.54) is 11.8 Å². The number of carbonyl (C=O) groups excluding carboxylic acids is 1. The molecule has 0 saturated carbocycles. The van der Waals surface area contributed by atoms with Crippen LogP contribution in [-0.4, -0.2) is 16.0 Å². The number of Topliss-reactive ketones (excluding diaryl/α,β-unsaturated/α-hetero) is 1. The molecule has 4 nitrogen and oxygen atoms in total. The van der Waals surface area contributed by atoms with E-state index in [9.17, 15) is 4.79 Å². The summed E-state index contributed by atoms with van der Waals surface area (Å²) >= 11 is 1.38. The maximum atomic E-state index is 11.4. The van der Waals surface area contributed by atoms with E-state index in [0.717, 1.165) is 10.5 Å². The number of hydrogen-bond acceptors (Lipinski definition) is 5. The Kier molecular flexibility index (Phi) is 3.58. The first-order chi connectivity index (χ1) is 8.19. The zero-order valence-electron chi connectivity index (χ0n) is 9.64. The number of ketones is 1. The number of rotatable bonds is 4. The Labute approximate surface area is 103 Å². The molecular formula is C12H12N2O2S. The molecule has 0 aliphatic heterocycles. The zero-order valence-corrected chi connectivity index (χ0v) is 10.5. The van der Waals surface area contributed by atoms with Crippen LogP contribution in [0.3, 0.4) is 0 Å². The fourth-order valence-corrected chi connectivity index (χ4v) is 2.05. The Hall–Kier alpha value is -1.62. The lowest BCUT2D eigenvalue weighted by molar-refractivity contribution is 0.0988. The van der Waals surface area contributed by atoms with Crippen LogP contribution in [0.25, 0.3) is 0 Å². The summed E-state index contributed by atoms with van der Waals surface area (Å²) in [4.78, 5) is 12.4. The van der Waals surface area contributed by atoms with Crippen LogP contribution in [-0.2, 0) is 0 Å². The highest BCUT2D eigenvalue weighted by Crippen LogP contribution is 2.26. The van der Waals surface area contributed by atoms with Gasteiger partial charge >= 0.3 is 0 Å². The van der Waals surface area contributed by atoms with E-state index in [-0.39, 0.29) is 5.78 Å². The summed E-state index contributed by atoms with van der Waals surface area (Å²) < 4.78 is 5.26. The van der Waals surface area contributed by atoms with Gasteiger partial charge in [0.15, 0.2) is 5.78 Å². The number of carbonyl (C=O) groups is 1. The molecule has 88 valence electrons. The minimum absolute atomic E-state index is 0.148. The second kappa shape index (κ2) is 5.14. The number of benzene rings is 1. The largest absolute Gasteiger partial charge is 0.416 e. The predicted octanol–water partition coefficient (Wildman–Crippen LogP) is 3.12. The van der Waals surface area contributed by atoms with Crippen LogP contribution in [0.4, 0.5) is 0 Å². The molecule has 17 heavy (non-hydrogen) atoms. The van der Waals surface area contributed by atoms with Crippen molar-refractivity contribution in [3.05, 3.63) is 35.7 Å². The average Bonchev–Trinajstić information content (AvgIpc) is 2.75. The number of hydrogen-bond donors (Lipinski definition) is 0. The molecule has 0 atom stereocenters. The highest BCUT2D eigenvalue weighted by atomic mass is 32.2. The van der Waals surface area contributed by atoms with Crippen LogP contribution < -0.4 is 0 Å². The molecule has 0 radical (unpaired) electrons. The third-order valence-electron chi connectivity index (χ3n) is 2.21. The third kappa shape index (κ3) is 2.94. The molecule has 0 saturated heterocycles. The lowest BCUT2D eigenvalue weighted by Gasteiger charge is -1.99. The molecule has 2 aromatic rings. The first-order valence-electron chi connectivity index (χ1n) is 5.30. The Morgan fingerprint density at radius 1 is 1.29 bits per heavy atom. The first-order valence-corrected chi connectivity index (χ1v) is 6.12. The Morgan fingerprint density at radius 3 is 2.53 bits per heavy atom. The van der Waals surface area contributed by atoms with Gasteiger partial charge in [-0.1, -0.05) is 19.1 Å². The smallest absolute Gasteiger partial charge is 0.281 e. The maximum Gasteiger partial charge on any atom is 0.281 e. The molecule has 0 aliphatic carbocycles. The topological polar surface area (TPSA) is 56.0 Å². The molecule has 0 spiro atoms. The molecule has 0 fully saturated rings. The van der Waals surface area contributed by atoms with Gasteiger partial charge in [-0.2, -0.15) is 0 Å². The van der Waals surface area contributed by atoms with E-state index in [1.54, 1.807) is 6.92 Å².